The van der Waals surface area contributed by atoms with Crippen LogP contribution in [-0.4, -0.2) is 26.7 Å². The fourth-order valence-corrected chi connectivity index (χ4v) is 1.84. The second-order valence-corrected chi connectivity index (χ2v) is 4.37. The summed E-state index contributed by atoms with van der Waals surface area (Å²) in [6.45, 7) is 5.14. The number of nitriles is 1. The predicted octanol–water partition coefficient (Wildman–Crippen LogP) is 1.32. The lowest BCUT2D eigenvalue weighted by molar-refractivity contribution is 0.250. The minimum absolute atomic E-state index is 0.198. The first-order chi connectivity index (χ1) is 8.22. The first-order valence-corrected chi connectivity index (χ1v) is 6.11. The Morgan fingerprint density at radius 1 is 1.53 bits per heavy atom. The smallest absolute Gasteiger partial charge is 0.0999 e. The molecule has 0 fully saturated rings. The molecule has 0 amide bonds. The Hall–Kier alpha value is -1.41. The maximum atomic E-state index is 8.89. The third-order valence-electron chi connectivity index (χ3n) is 2.76. The Balaban J connectivity index is 2.80. The van der Waals surface area contributed by atoms with Gasteiger partial charge in [-0.3, -0.25) is 0 Å². The average Bonchev–Trinajstić information content (AvgIpc) is 2.64. The van der Waals surface area contributed by atoms with Gasteiger partial charge in [-0.25, -0.2) is 4.68 Å². The van der Waals surface area contributed by atoms with Crippen molar-refractivity contribution < 1.29 is 5.11 Å². The van der Waals surface area contributed by atoms with E-state index in [0.29, 0.717) is 12.3 Å². The molecule has 0 bridgehead atoms. The molecular weight excluding hydrogens is 216 g/mol. The van der Waals surface area contributed by atoms with Gasteiger partial charge in [-0.2, -0.15) is 5.26 Å². The molecule has 0 spiro atoms. The van der Waals surface area contributed by atoms with E-state index < -0.39 is 0 Å². The van der Waals surface area contributed by atoms with Crippen molar-refractivity contribution >= 4 is 0 Å². The number of aliphatic hydroxyl groups is 1. The molecule has 1 heterocycles. The second kappa shape index (κ2) is 7.02. The molecule has 0 aliphatic heterocycles. The first kappa shape index (κ1) is 13.7. The Labute approximate surface area is 102 Å². The summed E-state index contributed by atoms with van der Waals surface area (Å²) in [5.74, 6) is 0.368. The Kier molecular flexibility index (Phi) is 5.64. The average molecular weight is 236 g/mol. The fourth-order valence-electron chi connectivity index (χ4n) is 1.84. The molecule has 1 atom stereocenters. The molecule has 1 aromatic heterocycles. The topological polar surface area (TPSA) is 74.7 Å². The summed E-state index contributed by atoms with van der Waals surface area (Å²) in [7, 11) is 0. The van der Waals surface area contributed by atoms with Crippen molar-refractivity contribution in [3.8, 4) is 6.07 Å². The minimum atomic E-state index is 0.198. The number of aliphatic hydroxyl groups excluding tert-OH is 1. The Bertz CT molecular complexity index is 380. The number of hydrogen-bond acceptors (Lipinski definition) is 4. The van der Waals surface area contributed by atoms with Gasteiger partial charge in [0, 0.05) is 13.2 Å². The highest BCUT2D eigenvalue weighted by Crippen LogP contribution is 2.12. The Morgan fingerprint density at radius 3 is 2.88 bits per heavy atom. The van der Waals surface area contributed by atoms with Crippen LogP contribution < -0.4 is 0 Å². The van der Waals surface area contributed by atoms with E-state index in [4.69, 9.17) is 10.4 Å². The lowest BCUT2D eigenvalue weighted by Crippen LogP contribution is -2.13. The molecule has 0 saturated heterocycles. The highest BCUT2D eigenvalue weighted by atomic mass is 16.3. The fraction of sp³-hybridized carbons (Fsp3) is 0.750. The van der Waals surface area contributed by atoms with E-state index in [2.05, 4.69) is 30.2 Å². The van der Waals surface area contributed by atoms with Crippen molar-refractivity contribution in [2.75, 3.05) is 6.61 Å². The third-order valence-corrected chi connectivity index (χ3v) is 2.76. The van der Waals surface area contributed by atoms with Crippen LogP contribution in [0.2, 0.25) is 0 Å². The van der Waals surface area contributed by atoms with Crippen LogP contribution in [0.25, 0.3) is 0 Å². The van der Waals surface area contributed by atoms with Crippen LogP contribution in [-0.2, 0) is 19.4 Å². The zero-order valence-electron chi connectivity index (χ0n) is 10.6. The van der Waals surface area contributed by atoms with Crippen molar-refractivity contribution in [2.24, 2.45) is 5.92 Å². The van der Waals surface area contributed by atoms with E-state index in [0.717, 1.165) is 37.2 Å². The van der Waals surface area contributed by atoms with Gasteiger partial charge in [0.1, 0.15) is 0 Å². The van der Waals surface area contributed by atoms with Gasteiger partial charge in [-0.15, -0.1) is 5.10 Å². The van der Waals surface area contributed by atoms with Gasteiger partial charge >= 0.3 is 0 Å². The van der Waals surface area contributed by atoms with E-state index in [9.17, 15) is 0 Å². The van der Waals surface area contributed by atoms with E-state index >= 15 is 0 Å². The normalized spacial score (nSPS) is 12.4. The summed E-state index contributed by atoms with van der Waals surface area (Å²) in [6, 6.07) is 2.12. The summed E-state index contributed by atoms with van der Waals surface area (Å²) in [4.78, 5) is 0. The molecule has 94 valence electrons. The van der Waals surface area contributed by atoms with Crippen molar-refractivity contribution in [1.29, 1.82) is 5.26 Å². The van der Waals surface area contributed by atoms with E-state index in [1.54, 1.807) is 0 Å². The summed E-state index contributed by atoms with van der Waals surface area (Å²) in [6.07, 6.45) is 3.00. The zero-order chi connectivity index (χ0) is 12.7. The van der Waals surface area contributed by atoms with Crippen molar-refractivity contribution in [3.63, 3.8) is 0 Å². The summed E-state index contributed by atoms with van der Waals surface area (Å²) >= 11 is 0. The maximum Gasteiger partial charge on any atom is 0.0999 e. The lowest BCUT2D eigenvalue weighted by Gasteiger charge is -2.11. The predicted molar refractivity (Wildman–Crippen MR) is 64.2 cm³/mol. The second-order valence-electron chi connectivity index (χ2n) is 4.37. The molecule has 1 unspecified atom stereocenters. The molecular formula is C12H20N4O. The quantitative estimate of drug-likeness (QED) is 0.774. The summed E-state index contributed by atoms with van der Waals surface area (Å²) < 4.78 is 1.89. The van der Waals surface area contributed by atoms with E-state index in [1.165, 1.54) is 0 Å². The molecule has 0 saturated carbocycles. The molecule has 1 aromatic rings. The van der Waals surface area contributed by atoms with Gasteiger partial charge in [-0.05, 0) is 18.8 Å². The van der Waals surface area contributed by atoms with Gasteiger partial charge in [0.15, 0.2) is 0 Å². The zero-order valence-corrected chi connectivity index (χ0v) is 10.6. The molecule has 1 rings (SSSR count). The molecule has 1 N–H and O–H groups in total. The first-order valence-electron chi connectivity index (χ1n) is 6.11. The summed E-state index contributed by atoms with van der Waals surface area (Å²) in [5.41, 5.74) is 1.87. The van der Waals surface area contributed by atoms with Crippen LogP contribution in [0.15, 0.2) is 0 Å². The third kappa shape index (κ3) is 3.82. The van der Waals surface area contributed by atoms with Gasteiger partial charge < -0.3 is 5.11 Å². The van der Waals surface area contributed by atoms with Gasteiger partial charge in [0.05, 0.1) is 23.9 Å². The van der Waals surface area contributed by atoms with Crippen LogP contribution in [0.1, 0.15) is 38.1 Å². The van der Waals surface area contributed by atoms with Crippen LogP contribution in [0.4, 0.5) is 0 Å². The van der Waals surface area contributed by atoms with E-state index in [1.807, 2.05) is 4.68 Å². The largest absolute Gasteiger partial charge is 0.396 e. The van der Waals surface area contributed by atoms with Gasteiger partial charge in [0.25, 0.3) is 0 Å². The standard InChI is InChI=1S/C12H20N4O/c1-3-4-12-11(5-7-13)14-15-16(12)9-10(2)6-8-17/h10,17H,3-6,8-9H2,1-2H3. The van der Waals surface area contributed by atoms with Gasteiger partial charge in [0.2, 0.25) is 0 Å². The Morgan fingerprint density at radius 2 is 2.29 bits per heavy atom. The molecule has 0 aromatic carbocycles. The van der Waals surface area contributed by atoms with Gasteiger partial charge in [-0.1, -0.05) is 25.5 Å². The number of aromatic nitrogens is 3. The number of hydrogen-bond donors (Lipinski definition) is 1. The van der Waals surface area contributed by atoms with Crippen molar-refractivity contribution in [1.82, 2.24) is 15.0 Å². The van der Waals surface area contributed by atoms with Crippen LogP contribution in [0.3, 0.4) is 0 Å². The summed E-state index contributed by atoms with van der Waals surface area (Å²) in [5, 5.41) is 25.8. The molecule has 5 heteroatoms. The molecule has 0 aliphatic rings. The van der Waals surface area contributed by atoms with Crippen molar-refractivity contribution in [3.05, 3.63) is 11.4 Å². The highest BCUT2D eigenvalue weighted by molar-refractivity contribution is 5.14. The van der Waals surface area contributed by atoms with E-state index in [-0.39, 0.29) is 6.61 Å². The van der Waals surface area contributed by atoms with Crippen LogP contribution >= 0.6 is 0 Å². The maximum absolute atomic E-state index is 8.89. The molecule has 17 heavy (non-hydrogen) atoms. The SMILES string of the molecule is CCCc1c(CC#N)nnn1CC(C)CCO. The van der Waals surface area contributed by atoms with Crippen LogP contribution in [0.5, 0.6) is 0 Å². The number of rotatable bonds is 7. The van der Waals surface area contributed by atoms with Crippen LogP contribution in [0, 0.1) is 17.2 Å². The molecule has 0 radical (unpaired) electrons. The molecule has 5 nitrogen and oxygen atoms in total. The molecule has 0 aliphatic carbocycles. The highest BCUT2D eigenvalue weighted by Gasteiger charge is 2.13. The number of nitrogens with zero attached hydrogens (tertiary/aromatic N) is 4. The lowest BCUT2D eigenvalue weighted by atomic mass is 10.1. The monoisotopic (exact) mass is 236 g/mol. The minimum Gasteiger partial charge on any atom is -0.396 e. The van der Waals surface area contributed by atoms with Crippen molar-refractivity contribution in [2.45, 2.75) is 46.1 Å².